The van der Waals surface area contributed by atoms with Gasteiger partial charge in [0.05, 0.1) is 19.0 Å². The van der Waals surface area contributed by atoms with Crippen molar-refractivity contribution >= 4 is 11.9 Å². The second kappa shape index (κ2) is 7.18. The van der Waals surface area contributed by atoms with Crippen LogP contribution in [0, 0.1) is 0 Å². The molecule has 0 aliphatic carbocycles. The van der Waals surface area contributed by atoms with Gasteiger partial charge in [-0.15, -0.1) is 5.10 Å². The Labute approximate surface area is 122 Å². The van der Waals surface area contributed by atoms with E-state index in [1.807, 2.05) is 24.3 Å². The summed E-state index contributed by atoms with van der Waals surface area (Å²) in [5.74, 6) is 1.10. The van der Waals surface area contributed by atoms with E-state index in [1.54, 1.807) is 13.3 Å². The van der Waals surface area contributed by atoms with Gasteiger partial charge in [0, 0.05) is 25.6 Å². The number of benzene rings is 1. The molecule has 21 heavy (non-hydrogen) atoms. The fraction of sp³-hybridized carbons (Fsp3) is 0.286. The van der Waals surface area contributed by atoms with E-state index < -0.39 is 0 Å². The Morgan fingerprint density at radius 1 is 1.33 bits per heavy atom. The average molecular weight is 287 g/mol. The molecule has 0 atom stereocenters. The second-order valence-corrected chi connectivity index (χ2v) is 4.31. The van der Waals surface area contributed by atoms with Gasteiger partial charge in [0.2, 0.25) is 11.9 Å². The lowest BCUT2D eigenvalue weighted by atomic mass is 10.1. The normalized spacial score (nSPS) is 10.0. The maximum absolute atomic E-state index is 10.8. The molecule has 7 heteroatoms. The van der Waals surface area contributed by atoms with Crippen LogP contribution in [0.15, 0.2) is 30.5 Å². The van der Waals surface area contributed by atoms with Crippen LogP contribution in [-0.2, 0) is 4.79 Å². The van der Waals surface area contributed by atoms with Crippen LogP contribution in [0.5, 0.6) is 5.75 Å². The van der Waals surface area contributed by atoms with E-state index >= 15 is 0 Å². The molecule has 0 saturated carbocycles. The summed E-state index contributed by atoms with van der Waals surface area (Å²) in [5.41, 5.74) is 1.60. The van der Waals surface area contributed by atoms with Gasteiger partial charge >= 0.3 is 0 Å². The molecule has 2 N–H and O–H groups in total. The Morgan fingerprint density at radius 3 is 2.95 bits per heavy atom. The first-order chi connectivity index (χ1) is 10.2. The zero-order chi connectivity index (χ0) is 15.1. The number of rotatable bonds is 6. The molecule has 0 bridgehead atoms. The van der Waals surface area contributed by atoms with E-state index in [2.05, 4.69) is 25.8 Å². The Bertz CT molecular complexity index is 618. The highest BCUT2D eigenvalue weighted by molar-refractivity contribution is 5.72. The molecule has 0 unspecified atom stereocenters. The third-order valence-electron chi connectivity index (χ3n) is 2.71. The molecule has 0 aliphatic rings. The molecule has 7 nitrogen and oxygen atoms in total. The van der Waals surface area contributed by atoms with Gasteiger partial charge in [0.25, 0.3) is 0 Å². The van der Waals surface area contributed by atoms with Gasteiger partial charge < -0.3 is 15.4 Å². The second-order valence-electron chi connectivity index (χ2n) is 4.31. The lowest BCUT2D eigenvalue weighted by Crippen LogP contribution is -2.26. The fourth-order valence-electron chi connectivity index (χ4n) is 1.71. The number of carbonyl (C=O) groups excluding carboxylic acids is 1. The molecular formula is C14H17N5O2. The molecule has 1 amide bonds. The third-order valence-corrected chi connectivity index (χ3v) is 2.71. The molecule has 110 valence electrons. The zero-order valence-corrected chi connectivity index (χ0v) is 12.0. The maximum atomic E-state index is 10.8. The van der Waals surface area contributed by atoms with Crippen molar-refractivity contribution in [1.82, 2.24) is 20.5 Å². The molecule has 2 rings (SSSR count). The van der Waals surface area contributed by atoms with Gasteiger partial charge in [-0.05, 0) is 12.1 Å². The van der Waals surface area contributed by atoms with Crippen molar-refractivity contribution in [2.45, 2.75) is 6.92 Å². The molecule has 0 radical (unpaired) electrons. The van der Waals surface area contributed by atoms with Crippen molar-refractivity contribution in [3.8, 4) is 17.0 Å². The van der Waals surface area contributed by atoms with Gasteiger partial charge in [-0.3, -0.25) is 4.79 Å². The number of hydrogen-bond acceptors (Lipinski definition) is 6. The van der Waals surface area contributed by atoms with E-state index in [0.29, 0.717) is 24.7 Å². The number of hydrogen-bond donors (Lipinski definition) is 2. The lowest BCUT2D eigenvalue weighted by molar-refractivity contribution is -0.118. The van der Waals surface area contributed by atoms with Gasteiger partial charge in [-0.25, -0.2) is 4.98 Å². The van der Waals surface area contributed by atoms with Crippen LogP contribution in [0.2, 0.25) is 0 Å². The molecule has 0 saturated heterocycles. The Hall–Kier alpha value is -2.70. The quantitative estimate of drug-likeness (QED) is 0.773. The maximum Gasteiger partial charge on any atom is 0.243 e. The molecule has 1 aromatic carbocycles. The van der Waals surface area contributed by atoms with Crippen molar-refractivity contribution in [3.05, 3.63) is 30.5 Å². The van der Waals surface area contributed by atoms with Crippen LogP contribution < -0.4 is 15.4 Å². The summed E-state index contributed by atoms with van der Waals surface area (Å²) in [7, 11) is 1.62. The number of ether oxygens (including phenoxy) is 1. The van der Waals surface area contributed by atoms with E-state index in [-0.39, 0.29) is 5.91 Å². The first-order valence-electron chi connectivity index (χ1n) is 6.51. The van der Waals surface area contributed by atoms with Crippen LogP contribution in [0.1, 0.15) is 6.92 Å². The van der Waals surface area contributed by atoms with Gasteiger partial charge in [-0.2, -0.15) is 5.10 Å². The number of nitrogens with zero attached hydrogens (tertiary/aromatic N) is 3. The van der Waals surface area contributed by atoms with E-state index in [1.165, 1.54) is 6.92 Å². The van der Waals surface area contributed by atoms with Crippen LogP contribution in [0.4, 0.5) is 5.95 Å². The molecule has 0 fully saturated rings. The summed E-state index contributed by atoms with van der Waals surface area (Å²) in [6.07, 6.45) is 1.59. The average Bonchev–Trinajstić information content (AvgIpc) is 2.52. The minimum atomic E-state index is -0.0685. The molecular weight excluding hydrogens is 270 g/mol. The summed E-state index contributed by atoms with van der Waals surface area (Å²) in [4.78, 5) is 15.1. The SMILES string of the molecule is COc1cccc(-c2cnnc(NCCNC(C)=O)n2)c1. The fourth-order valence-corrected chi connectivity index (χ4v) is 1.71. The number of anilines is 1. The Balaban J connectivity index is 2.04. The van der Waals surface area contributed by atoms with E-state index in [0.717, 1.165) is 11.3 Å². The molecule has 0 spiro atoms. The predicted octanol–water partition coefficient (Wildman–Crippen LogP) is 1.10. The summed E-state index contributed by atoms with van der Waals surface area (Å²) in [6, 6.07) is 7.56. The molecule has 0 aliphatic heterocycles. The highest BCUT2D eigenvalue weighted by atomic mass is 16.5. The van der Waals surface area contributed by atoms with Crippen molar-refractivity contribution in [3.63, 3.8) is 0 Å². The molecule has 2 aromatic rings. The summed E-state index contributed by atoms with van der Waals surface area (Å²) in [6.45, 7) is 2.51. The number of aromatic nitrogens is 3. The van der Waals surface area contributed by atoms with Crippen molar-refractivity contribution in [2.24, 2.45) is 0 Å². The molecule has 1 heterocycles. The minimum absolute atomic E-state index is 0.0685. The summed E-state index contributed by atoms with van der Waals surface area (Å²) < 4.78 is 5.19. The smallest absolute Gasteiger partial charge is 0.243 e. The van der Waals surface area contributed by atoms with Gasteiger partial charge in [0.1, 0.15) is 5.75 Å². The van der Waals surface area contributed by atoms with Crippen LogP contribution in [0.3, 0.4) is 0 Å². The van der Waals surface area contributed by atoms with Crippen LogP contribution in [0.25, 0.3) is 11.3 Å². The van der Waals surface area contributed by atoms with E-state index in [9.17, 15) is 4.79 Å². The van der Waals surface area contributed by atoms with Crippen molar-refractivity contribution in [2.75, 3.05) is 25.5 Å². The highest BCUT2D eigenvalue weighted by Gasteiger charge is 2.04. The third kappa shape index (κ3) is 4.41. The van der Waals surface area contributed by atoms with Crippen LogP contribution >= 0.6 is 0 Å². The number of nitrogens with one attached hydrogen (secondary N) is 2. The first-order valence-corrected chi connectivity index (χ1v) is 6.51. The topological polar surface area (TPSA) is 89.0 Å². The predicted molar refractivity (Wildman–Crippen MR) is 79.0 cm³/mol. The van der Waals surface area contributed by atoms with Crippen molar-refractivity contribution in [1.29, 1.82) is 0 Å². The van der Waals surface area contributed by atoms with Gasteiger partial charge in [0.15, 0.2) is 0 Å². The zero-order valence-electron chi connectivity index (χ0n) is 12.0. The number of carbonyl (C=O) groups is 1. The Morgan fingerprint density at radius 2 is 2.19 bits per heavy atom. The minimum Gasteiger partial charge on any atom is -0.497 e. The Kier molecular flexibility index (Phi) is 5.03. The number of methoxy groups -OCH3 is 1. The summed E-state index contributed by atoms with van der Waals surface area (Å²) >= 11 is 0. The standard InChI is InChI=1S/C14H17N5O2/c1-10(20)15-6-7-16-14-18-13(9-17-19-14)11-4-3-5-12(8-11)21-2/h3-5,8-9H,6-7H2,1-2H3,(H,15,20)(H,16,18,19). The highest BCUT2D eigenvalue weighted by Crippen LogP contribution is 2.21. The summed E-state index contributed by atoms with van der Waals surface area (Å²) in [5, 5.41) is 13.5. The lowest BCUT2D eigenvalue weighted by Gasteiger charge is -2.07. The monoisotopic (exact) mass is 287 g/mol. The number of amides is 1. The largest absolute Gasteiger partial charge is 0.497 e. The van der Waals surface area contributed by atoms with Crippen molar-refractivity contribution < 1.29 is 9.53 Å². The van der Waals surface area contributed by atoms with E-state index in [4.69, 9.17) is 4.74 Å². The first kappa shape index (κ1) is 14.7. The molecule has 1 aromatic heterocycles. The van der Waals surface area contributed by atoms with Crippen LogP contribution in [-0.4, -0.2) is 41.3 Å². The van der Waals surface area contributed by atoms with Gasteiger partial charge in [-0.1, -0.05) is 12.1 Å².